The van der Waals surface area contributed by atoms with E-state index >= 15 is 0 Å². The highest BCUT2D eigenvalue weighted by Gasteiger charge is 2.33. The third-order valence-electron chi connectivity index (χ3n) is 1.87. The van der Waals surface area contributed by atoms with Gasteiger partial charge in [-0.3, -0.25) is 5.32 Å². The van der Waals surface area contributed by atoms with Crippen LogP contribution in [0.3, 0.4) is 0 Å². The molecule has 0 spiro atoms. The number of hydrogen-bond donors (Lipinski definition) is 5. The van der Waals surface area contributed by atoms with E-state index in [0.717, 1.165) is 0 Å². The summed E-state index contributed by atoms with van der Waals surface area (Å²) in [7, 11) is 0. The zero-order valence-corrected chi connectivity index (χ0v) is 6.01. The molecule has 0 aromatic heterocycles. The number of piperidine rings is 1. The molecule has 0 aromatic rings. The molecule has 1 aliphatic heterocycles. The fourth-order valence-electron chi connectivity index (χ4n) is 1.21. The van der Waals surface area contributed by atoms with Gasteiger partial charge < -0.3 is 20.4 Å². The van der Waals surface area contributed by atoms with Crippen molar-refractivity contribution in [2.45, 2.75) is 30.9 Å². The van der Waals surface area contributed by atoms with E-state index in [2.05, 4.69) is 5.32 Å². The second-order valence-electron chi connectivity index (χ2n) is 2.77. The van der Waals surface area contributed by atoms with Gasteiger partial charge >= 0.3 is 0 Å². The standard InChI is InChI=1S/C6H13NO4/c8-2-3-6(11)4(9)1-5(10)7-3/h3-11H,1-2H2. The summed E-state index contributed by atoms with van der Waals surface area (Å²) in [5.41, 5.74) is 0. The summed E-state index contributed by atoms with van der Waals surface area (Å²) in [5, 5.41) is 38.5. The second-order valence-corrected chi connectivity index (χ2v) is 2.77. The summed E-state index contributed by atoms with van der Waals surface area (Å²) in [6.45, 7) is -0.296. The highest BCUT2D eigenvalue weighted by atomic mass is 16.3. The van der Waals surface area contributed by atoms with Gasteiger partial charge in [0.1, 0.15) is 6.23 Å². The van der Waals surface area contributed by atoms with Crippen LogP contribution in [0, 0.1) is 0 Å². The molecule has 4 atom stereocenters. The van der Waals surface area contributed by atoms with Crippen LogP contribution in [0.1, 0.15) is 6.42 Å². The van der Waals surface area contributed by atoms with Crippen molar-refractivity contribution in [3.8, 4) is 0 Å². The molecule has 1 fully saturated rings. The highest BCUT2D eigenvalue weighted by molar-refractivity contribution is 4.87. The Morgan fingerprint density at radius 2 is 1.91 bits per heavy atom. The summed E-state index contributed by atoms with van der Waals surface area (Å²) in [6, 6.07) is -0.631. The van der Waals surface area contributed by atoms with E-state index < -0.39 is 24.5 Å². The fraction of sp³-hybridized carbons (Fsp3) is 1.00. The van der Waals surface area contributed by atoms with Crippen LogP contribution in [0.25, 0.3) is 0 Å². The molecule has 5 nitrogen and oxygen atoms in total. The summed E-state index contributed by atoms with van der Waals surface area (Å²) in [5.74, 6) is 0. The van der Waals surface area contributed by atoms with Gasteiger partial charge in [0.25, 0.3) is 0 Å². The van der Waals surface area contributed by atoms with Gasteiger partial charge in [-0.05, 0) is 0 Å². The first kappa shape index (κ1) is 8.89. The van der Waals surface area contributed by atoms with Crippen molar-refractivity contribution in [1.82, 2.24) is 5.32 Å². The third kappa shape index (κ3) is 1.88. The van der Waals surface area contributed by atoms with E-state index in [0.29, 0.717) is 0 Å². The molecule has 0 saturated carbocycles. The topological polar surface area (TPSA) is 93.0 Å². The molecule has 11 heavy (non-hydrogen) atoms. The molecule has 5 heteroatoms. The van der Waals surface area contributed by atoms with Crippen molar-refractivity contribution < 1.29 is 20.4 Å². The van der Waals surface area contributed by atoms with Gasteiger partial charge in [-0.25, -0.2) is 0 Å². The first-order chi connectivity index (χ1) is 5.15. The van der Waals surface area contributed by atoms with Crippen molar-refractivity contribution in [2.75, 3.05) is 6.61 Å². The lowest BCUT2D eigenvalue weighted by Crippen LogP contribution is -2.58. The Labute approximate surface area is 64.3 Å². The molecular weight excluding hydrogens is 150 g/mol. The predicted molar refractivity (Wildman–Crippen MR) is 36.6 cm³/mol. The second kappa shape index (κ2) is 3.46. The zero-order valence-electron chi connectivity index (χ0n) is 6.01. The van der Waals surface area contributed by atoms with E-state index in [1.165, 1.54) is 0 Å². The van der Waals surface area contributed by atoms with Crippen LogP contribution in [-0.4, -0.2) is 51.5 Å². The minimum atomic E-state index is -0.997. The Hall–Kier alpha value is -0.200. The van der Waals surface area contributed by atoms with E-state index in [-0.39, 0.29) is 13.0 Å². The third-order valence-corrected chi connectivity index (χ3v) is 1.87. The van der Waals surface area contributed by atoms with Gasteiger partial charge in [0.15, 0.2) is 0 Å². The number of nitrogens with one attached hydrogen (secondary N) is 1. The minimum Gasteiger partial charge on any atom is -0.395 e. The van der Waals surface area contributed by atoms with Crippen LogP contribution < -0.4 is 5.32 Å². The average Bonchev–Trinajstić information content (AvgIpc) is 1.96. The maximum Gasteiger partial charge on any atom is 0.107 e. The SMILES string of the molecule is OCC1NC(O)CC(O)C1O. The van der Waals surface area contributed by atoms with Crippen molar-refractivity contribution in [2.24, 2.45) is 0 Å². The van der Waals surface area contributed by atoms with Crippen molar-refractivity contribution in [1.29, 1.82) is 0 Å². The number of aliphatic hydroxyl groups is 4. The largest absolute Gasteiger partial charge is 0.395 e. The van der Waals surface area contributed by atoms with Gasteiger partial charge in [0.05, 0.1) is 24.9 Å². The van der Waals surface area contributed by atoms with Crippen LogP contribution in [0.4, 0.5) is 0 Å². The predicted octanol–water partition coefficient (Wildman–Crippen LogP) is -2.62. The van der Waals surface area contributed by atoms with Crippen molar-refractivity contribution in [3.05, 3.63) is 0 Å². The first-order valence-corrected chi connectivity index (χ1v) is 3.56. The Morgan fingerprint density at radius 3 is 2.45 bits per heavy atom. The van der Waals surface area contributed by atoms with Gasteiger partial charge in [0.2, 0.25) is 0 Å². The van der Waals surface area contributed by atoms with Crippen LogP contribution in [-0.2, 0) is 0 Å². The van der Waals surface area contributed by atoms with Crippen molar-refractivity contribution >= 4 is 0 Å². The monoisotopic (exact) mass is 163 g/mol. The summed E-state index contributed by atoms with van der Waals surface area (Å²) in [4.78, 5) is 0. The quantitative estimate of drug-likeness (QED) is 0.292. The molecule has 66 valence electrons. The Balaban J connectivity index is 2.51. The molecule has 1 rings (SSSR count). The molecule has 0 radical (unpaired) electrons. The van der Waals surface area contributed by atoms with E-state index in [9.17, 15) is 5.11 Å². The molecule has 4 unspecified atom stereocenters. The van der Waals surface area contributed by atoms with E-state index in [1.54, 1.807) is 0 Å². The number of rotatable bonds is 1. The van der Waals surface area contributed by atoms with Crippen LogP contribution in [0.15, 0.2) is 0 Å². The van der Waals surface area contributed by atoms with Crippen molar-refractivity contribution in [3.63, 3.8) is 0 Å². The summed E-state index contributed by atoms with van der Waals surface area (Å²) in [6.07, 6.45) is -2.70. The van der Waals surface area contributed by atoms with E-state index in [4.69, 9.17) is 15.3 Å². The lowest BCUT2D eigenvalue weighted by atomic mass is 9.98. The number of aliphatic hydroxyl groups excluding tert-OH is 4. The Bertz CT molecular complexity index is 132. The Morgan fingerprint density at radius 1 is 1.27 bits per heavy atom. The van der Waals surface area contributed by atoms with Crippen LogP contribution in [0.5, 0.6) is 0 Å². The maximum absolute atomic E-state index is 9.17. The average molecular weight is 163 g/mol. The van der Waals surface area contributed by atoms with Gasteiger partial charge in [-0.2, -0.15) is 0 Å². The molecule has 1 saturated heterocycles. The molecule has 0 aliphatic carbocycles. The molecular formula is C6H13NO4. The lowest BCUT2D eigenvalue weighted by molar-refractivity contribution is -0.0875. The first-order valence-electron chi connectivity index (χ1n) is 3.56. The normalized spacial score (nSPS) is 45.8. The van der Waals surface area contributed by atoms with Crippen LogP contribution >= 0.6 is 0 Å². The van der Waals surface area contributed by atoms with Crippen LogP contribution in [0.2, 0.25) is 0 Å². The molecule has 1 aliphatic rings. The maximum atomic E-state index is 9.17. The fourth-order valence-corrected chi connectivity index (χ4v) is 1.21. The smallest absolute Gasteiger partial charge is 0.107 e. The Kier molecular flexibility index (Phi) is 2.80. The van der Waals surface area contributed by atoms with Gasteiger partial charge in [0, 0.05) is 6.42 Å². The summed E-state index contributed by atoms with van der Waals surface area (Å²) >= 11 is 0. The summed E-state index contributed by atoms with van der Waals surface area (Å²) < 4.78 is 0. The van der Waals surface area contributed by atoms with Gasteiger partial charge in [-0.1, -0.05) is 0 Å². The molecule has 0 amide bonds. The minimum absolute atomic E-state index is 0.0949. The zero-order chi connectivity index (χ0) is 8.43. The highest BCUT2D eigenvalue weighted by Crippen LogP contribution is 2.12. The number of hydrogen-bond acceptors (Lipinski definition) is 5. The van der Waals surface area contributed by atoms with Gasteiger partial charge in [-0.15, -0.1) is 0 Å². The molecule has 0 aromatic carbocycles. The molecule has 5 N–H and O–H groups in total. The molecule has 0 bridgehead atoms. The van der Waals surface area contributed by atoms with E-state index in [1.807, 2.05) is 0 Å². The molecule has 1 heterocycles. The lowest BCUT2D eigenvalue weighted by Gasteiger charge is -2.34.